The average Bonchev–Trinajstić information content (AvgIpc) is 2.55. The molecule has 0 bridgehead atoms. The highest BCUT2D eigenvalue weighted by Crippen LogP contribution is 2.38. The zero-order chi connectivity index (χ0) is 12.6. The first-order valence-electron chi connectivity index (χ1n) is 5.14. The number of hydrogen-bond donors (Lipinski definition) is 1. The molecule has 1 heterocycles. The first-order valence-corrected chi connectivity index (χ1v) is 5.14. The van der Waals surface area contributed by atoms with Gasteiger partial charge in [0.1, 0.15) is 11.3 Å². The molecule has 0 aliphatic rings. The molecule has 0 saturated heterocycles. The van der Waals surface area contributed by atoms with Crippen LogP contribution < -0.4 is 0 Å². The van der Waals surface area contributed by atoms with Gasteiger partial charge < -0.3 is 9.52 Å². The van der Waals surface area contributed by atoms with Crippen LogP contribution in [0.3, 0.4) is 0 Å². The first kappa shape index (κ1) is 12.0. The number of aryl methyl sites for hydroxylation is 1. The fourth-order valence-corrected chi connectivity index (χ4v) is 1.93. The lowest BCUT2D eigenvalue weighted by molar-refractivity contribution is -0.136. The third-order valence-electron chi connectivity index (χ3n) is 2.70. The third-order valence-corrected chi connectivity index (χ3v) is 2.70. The molecule has 0 atom stereocenters. The molecule has 0 saturated carbocycles. The molecule has 0 unspecified atom stereocenters. The van der Waals surface area contributed by atoms with Gasteiger partial charge in [-0.1, -0.05) is 6.07 Å². The molecule has 1 N–H and O–H groups in total. The zero-order valence-corrected chi connectivity index (χ0v) is 9.14. The second-order valence-corrected chi connectivity index (χ2v) is 3.80. The molecule has 2 rings (SSSR count). The number of hydrogen-bond acceptors (Lipinski definition) is 2. The van der Waals surface area contributed by atoms with Gasteiger partial charge in [-0.25, -0.2) is 0 Å². The van der Waals surface area contributed by atoms with Crippen molar-refractivity contribution in [1.82, 2.24) is 0 Å². The van der Waals surface area contributed by atoms with Gasteiger partial charge in [0.2, 0.25) is 0 Å². The molecule has 1 aromatic carbocycles. The normalized spacial score (nSPS) is 12.3. The number of halogens is 3. The molecule has 17 heavy (non-hydrogen) atoms. The molecule has 0 fully saturated rings. The minimum Gasteiger partial charge on any atom is -0.461 e. The molecule has 2 aromatic rings. The lowest BCUT2D eigenvalue weighted by atomic mass is 10.0. The van der Waals surface area contributed by atoms with Gasteiger partial charge in [-0.3, -0.25) is 0 Å². The Morgan fingerprint density at radius 1 is 1.29 bits per heavy atom. The molecule has 1 aromatic heterocycles. The monoisotopic (exact) mass is 244 g/mol. The van der Waals surface area contributed by atoms with Gasteiger partial charge in [0.05, 0.1) is 12.2 Å². The summed E-state index contributed by atoms with van der Waals surface area (Å²) in [6, 6.07) is 3.85. The van der Waals surface area contributed by atoms with Crippen molar-refractivity contribution in [2.24, 2.45) is 0 Å². The summed E-state index contributed by atoms with van der Waals surface area (Å²) in [6.07, 6.45) is -4.18. The van der Waals surface area contributed by atoms with Gasteiger partial charge in [-0.05, 0) is 24.6 Å². The van der Waals surface area contributed by atoms with Gasteiger partial charge in [-0.15, -0.1) is 0 Å². The maximum Gasteiger partial charge on any atom is 0.417 e. The number of aliphatic hydroxyl groups excluding tert-OH is 1. The van der Waals surface area contributed by atoms with E-state index in [4.69, 9.17) is 9.52 Å². The Kier molecular flexibility index (Phi) is 2.87. The Morgan fingerprint density at radius 2 is 2.00 bits per heavy atom. The van der Waals surface area contributed by atoms with E-state index in [1.54, 1.807) is 6.92 Å². The average molecular weight is 244 g/mol. The van der Waals surface area contributed by atoms with Crippen LogP contribution in [-0.4, -0.2) is 11.7 Å². The summed E-state index contributed by atoms with van der Waals surface area (Å²) in [6.45, 7) is 1.42. The number of furan rings is 1. The van der Waals surface area contributed by atoms with E-state index in [9.17, 15) is 13.2 Å². The fraction of sp³-hybridized carbons (Fsp3) is 0.333. The van der Waals surface area contributed by atoms with Crippen LogP contribution in [0.15, 0.2) is 22.6 Å². The molecule has 5 heteroatoms. The number of aliphatic hydroxyl groups is 1. The minimum atomic E-state index is -4.40. The van der Waals surface area contributed by atoms with E-state index in [-0.39, 0.29) is 24.0 Å². The summed E-state index contributed by atoms with van der Waals surface area (Å²) in [5.74, 6) is 0.402. The summed E-state index contributed by atoms with van der Waals surface area (Å²) in [5.41, 5.74) is -0.0387. The first-order chi connectivity index (χ1) is 7.95. The van der Waals surface area contributed by atoms with E-state index in [1.165, 1.54) is 12.1 Å². The molecule has 0 spiro atoms. The van der Waals surface area contributed by atoms with Crippen molar-refractivity contribution < 1.29 is 22.7 Å². The van der Waals surface area contributed by atoms with Gasteiger partial charge in [0.15, 0.2) is 0 Å². The zero-order valence-electron chi connectivity index (χ0n) is 9.14. The van der Waals surface area contributed by atoms with Crippen molar-refractivity contribution in [3.05, 3.63) is 35.1 Å². The van der Waals surface area contributed by atoms with Crippen LogP contribution in [0, 0.1) is 6.92 Å². The van der Waals surface area contributed by atoms with Gasteiger partial charge in [-0.2, -0.15) is 13.2 Å². The summed E-state index contributed by atoms with van der Waals surface area (Å²) >= 11 is 0. The third kappa shape index (κ3) is 2.02. The van der Waals surface area contributed by atoms with Crippen molar-refractivity contribution in [3.8, 4) is 0 Å². The largest absolute Gasteiger partial charge is 0.461 e. The summed E-state index contributed by atoms with van der Waals surface area (Å²) in [7, 11) is 0. The maximum absolute atomic E-state index is 12.8. The standard InChI is InChI=1S/C12H11F3O2/c1-7-9(5-6-16)17-10-4-2-3-8(11(7)10)12(13,14)15/h2-4,16H,5-6H2,1H3. The Morgan fingerprint density at radius 3 is 2.59 bits per heavy atom. The fourth-order valence-electron chi connectivity index (χ4n) is 1.93. The lowest BCUT2D eigenvalue weighted by Gasteiger charge is -2.07. The van der Waals surface area contributed by atoms with E-state index in [0.29, 0.717) is 11.3 Å². The van der Waals surface area contributed by atoms with Crippen LogP contribution in [0.25, 0.3) is 11.0 Å². The van der Waals surface area contributed by atoms with Crippen molar-refractivity contribution >= 4 is 11.0 Å². The Hall–Kier alpha value is -1.49. The Balaban J connectivity index is 2.71. The molecule has 0 aliphatic carbocycles. The van der Waals surface area contributed by atoms with Crippen LogP contribution in [0.4, 0.5) is 13.2 Å². The van der Waals surface area contributed by atoms with E-state index in [1.807, 2.05) is 0 Å². The van der Waals surface area contributed by atoms with E-state index in [0.717, 1.165) is 6.07 Å². The molecule has 0 radical (unpaired) electrons. The molecule has 2 nitrogen and oxygen atoms in total. The predicted octanol–water partition coefficient (Wildman–Crippen LogP) is 3.29. The van der Waals surface area contributed by atoms with Crippen LogP contribution >= 0.6 is 0 Å². The van der Waals surface area contributed by atoms with Crippen LogP contribution in [0.2, 0.25) is 0 Å². The highest BCUT2D eigenvalue weighted by Gasteiger charge is 2.34. The lowest BCUT2D eigenvalue weighted by Crippen LogP contribution is -2.05. The topological polar surface area (TPSA) is 33.4 Å². The summed E-state index contributed by atoms with van der Waals surface area (Å²) < 4.78 is 43.7. The Bertz CT molecular complexity index is 540. The maximum atomic E-state index is 12.8. The number of alkyl halides is 3. The highest BCUT2D eigenvalue weighted by atomic mass is 19.4. The van der Waals surface area contributed by atoms with Crippen LogP contribution in [0.1, 0.15) is 16.9 Å². The number of fused-ring (bicyclic) bond motifs is 1. The smallest absolute Gasteiger partial charge is 0.417 e. The van der Waals surface area contributed by atoms with Gasteiger partial charge >= 0.3 is 6.18 Å². The van der Waals surface area contributed by atoms with E-state index < -0.39 is 11.7 Å². The van der Waals surface area contributed by atoms with E-state index in [2.05, 4.69) is 0 Å². The van der Waals surface area contributed by atoms with Crippen molar-refractivity contribution in [1.29, 1.82) is 0 Å². The summed E-state index contributed by atoms with van der Waals surface area (Å²) in [4.78, 5) is 0. The summed E-state index contributed by atoms with van der Waals surface area (Å²) in [5, 5.41) is 8.90. The molecule has 0 amide bonds. The predicted molar refractivity (Wildman–Crippen MR) is 56.7 cm³/mol. The quantitative estimate of drug-likeness (QED) is 0.879. The van der Waals surface area contributed by atoms with Gasteiger partial charge in [0, 0.05) is 11.8 Å². The number of benzene rings is 1. The number of rotatable bonds is 2. The van der Waals surface area contributed by atoms with Crippen molar-refractivity contribution in [2.75, 3.05) is 6.61 Å². The van der Waals surface area contributed by atoms with E-state index >= 15 is 0 Å². The SMILES string of the molecule is Cc1c(CCO)oc2cccc(C(F)(F)F)c12. The van der Waals surface area contributed by atoms with Crippen molar-refractivity contribution in [3.63, 3.8) is 0 Å². The molecule has 0 aliphatic heterocycles. The second-order valence-electron chi connectivity index (χ2n) is 3.80. The van der Waals surface area contributed by atoms with Crippen LogP contribution in [0.5, 0.6) is 0 Å². The van der Waals surface area contributed by atoms with Crippen LogP contribution in [-0.2, 0) is 12.6 Å². The van der Waals surface area contributed by atoms with Gasteiger partial charge in [0.25, 0.3) is 0 Å². The van der Waals surface area contributed by atoms with Crippen molar-refractivity contribution in [2.45, 2.75) is 19.5 Å². The minimum absolute atomic E-state index is 0.0865. The highest BCUT2D eigenvalue weighted by molar-refractivity contribution is 5.86. The molecular formula is C12H11F3O2. The second kappa shape index (κ2) is 4.07. The molecule has 92 valence electrons. The Labute approximate surface area is 95.7 Å². The molecular weight excluding hydrogens is 233 g/mol.